The molecule has 1 atom stereocenters. The van der Waals surface area contributed by atoms with Crippen molar-refractivity contribution in [1.82, 2.24) is 9.62 Å². The molecule has 0 radical (unpaired) electrons. The first kappa shape index (κ1) is 23.2. The maximum absolute atomic E-state index is 12.9. The zero-order valence-electron chi connectivity index (χ0n) is 17.4. The Labute approximate surface area is 185 Å². The molecule has 2 heterocycles. The van der Waals surface area contributed by atoms with Gasteiger partial charge in [0, 0.05) is 18.0 Å². The number of aliphatic carboxylic acids is 1. The van der Waals surface area contributed by atoms with Crippen molar-refractivity contribution < 1.29 is 27.9 Å². The number of carboxylic acid groups (broad SMARTS) is 1. The van der Waals surface area contributed by atoms with Crippen molar-refractivity contribution in [3.63, 3.8) is 0 Å². The van der Waals surface area contributed by atoms with Gasteiger partial charge in [0.1, 0.15) is 10.3 Å². The smallest absolute Gasteiger partial charge is 0.410 e. The van der Waals surface area contributed by atoms with Crippen LogP contribution in [0.3, 0.4) is 0 Å². The first-order valence-electron chi connectivity index (χ1n) is 10.0. The Morgan fingerprint density at radius 1 is 1.13 bits per heavy atom. The third-order valence-electron chi connectivity index (χ3n) is 5.06. The third kappa shape index (κ3) is 5.84. The molecule has 31 heavy (non-hydrogen) atoms. The first-order chi connectivity index (χ1) is 14.7. The second-order valence-electron chi connectivity index (χ2n) is 7.68. The molecule has 0 bridgehead atoms. The monoisotopic (exact) mass is 466 g/mol. The van der Waals surface area contributed by atoms with Crippen LogP contribution in [0.15, 0.2) is 46.7 Å². The molecule has 1 saturated heterocycles. The molecule has 0 spiro atoms. The van der Waals surface area contributed by atoms with Gasteiger partial charge < -0.3 is 14.7 Å². The van der Waals surface area contributed by atoms with E-state index in [-0.39, 0.29) is 10.3 Å². The minimum atomic E-state index is -4.00. The van der Waals surface area contributed by atoms with E-state index in [0.717, 1.165) is 21.8 Å². The van der Waals surface area contributed by atoms with E-state index in [1.54, 1.807) is 19.9 Å². The highest BCUT2D eigenvalue weighted by Gasteiger charge is 2.36. The Bertz CT molecular complexity index is 1010. The molecular weight excluding hydrogens is 440 g/mol. The molecule has 1 aromatic carbocycles. The number of carboxylic acids is 1. The molecular formula is C21H26N2O6S2. The molecule has 2 aromatic rings. The van der Waals surface area contributed by atoms with Crippen LogP contribution in [0.4, 0.5) is 4.79 Å². The van der Waals surface area contributed by atoms with Crippen LogP contribution in [-0.2, 0) is 19.6 Å². The highest BCUT2D eigenvalue weighted by Crippen LogP contribution is 2.31. The standard InChI is InChI=1S/C21H26N2O6S2/c1-14(2)29-21(26)23-12-10-16(11-13-23)19(20(24)25)22-31(27,28)18-9-8-17(30-18)15-6-4-3-5-7-15/h3-9,14,16,19,22H,10-13H2,1-2H3,(H,24,25)/t19-/m1/s1. The summed E-state index contributed by atoms with van der Waals surface area (Å²) in [6, 6.07) is 11.3. The van der Waals surface area contributed by atoms with Crippen LogP contribution < -0.4 is 4.72 Å². The first-order valence-corrected chi connectivity index (χ1v) is 12.3. The average molecular weight is 467 g/mol. The van der Waals surface area contributed by atoms with E-state index < -0.39 is 34.0 Å². The summed E-state index contributed by atoms with van der Waals surface area (Å²) >= 11 is 1.09. The lowest BCUT2D eigenvalue weighted by atomic mass is 9.90. The van der Waals surface area contributed by atoms with E-state index in [0.29, 0.717) is 25.9 Å². The maximum atomic E-state index is 12.9. The van der Waals surface area contributed by atoms with Gasteiger partial charge in [-0.15, -0.1) is 11.3 Å². The van der Waals surface area contributed by atoms with Crippen molar-refractivity contribution in [3.8, 4) is 10.4 Å². The van der Waals surface area contributed by atoms with Crippen molar-refractivity contribution in [2.24, 2.45) is 5.92 Å². The zero-order chi connectivity index (χ0) is 22.6. The number of piperidine rings is 1. The van der Waals surface area contributed by atoms with Crippen LogP contribution in [0.5, 0.6) is 0 Å². The van der Waals surface area contributed by atoms with Crippen LogP contribution in [0.25, 0.3) is 10.4 Å². The minimum absolute atomic E-state index is 0.0653. The predicted molar refractivity (Wildman–Crippen MR) is 117 cm³/mol. The van der Waals surface area contributed by atoms with E-state index in [1.807, 2.05) is 30.3 Å². The third-order valence-corrected chi connectivity index (χ3v) is 8.13. The number of amides is 1. The molecule has 1 aromatic heterocycles. The van der Waals surface area contributed by atoms with E-state index in [2.05, 4.69) is 4.72 Å². The summed E-state index contributed by atoms with van der Waals surface area (Å²) < 4.78 is 33.4. The number of hydrogen-bond donors (Lipinski definition) is 2. The van der Waals surface area contributed by atoms with Gasteiger partial charge in [0.25, 0.3) is 10.0 Å². The lowest BCUT2D eigenvalue weighted by Gasteiger charge is -2.34. The predicted octanol–water partition coefficient (Wildman–Crippen LogP) is 3.40. The topological polar surface area (TPSA) is 113 Å². The Morgan fingerprint density at radius 3 is 2.35 bits per heavy atom. The van der Waals surface area contributed by atoms with Gasteiger partial charge in [0.15, 0.2) is 0 Å². The lowest BCUT2D eigenvalue weighted by molar-refractivity contribution is -0.140. The van der Waals surface area contributed by atoms with E-state index in [9.17, 15) is 23.1 Å². The van der Waals surface area contributed by atoms with Gasteiger partial charge in [-0.2, -0.15) is 4.72 Å². The fourth-order valence-corrected chi connectivity index (χ4v) is 6.07. The van der Waals surface area contributed by atoms with Crippen molar-refractivity contribution in [2.45, 2.75) is 43.0 Å². The van der Waals surface area contributed by atoms with Crippen molar-refractivity contribution >= 4 is 33.4 Å². The van der Waals surface area contributed by atoms with Crippen LogP contribution >= 0.6 is 11.3 Å². The normalized spacial score (nSPS) is 16.3. The number of ether oxygens (including phenoxy) is 1. The van der Waals surface area contributed by atoms with Crippen LogP contribution in [-0.4, -0.2) is 55.7 Å². The Balaban J connectivity index is 1.68. The molecule has 10 heteroatoms. The number of carbonyl (C=O) groups excluding carboxylic acids is 1. The van der Waals surface area contributed by atoms with Gasteiger partial charge >= 0.3 is 12.1 Å². The summed E-state index contributed by atoms with van der Waals surface area (Å²) in [5, 5.41) is 9.68. The van der Waals surface area contributed by atoms with Crippen molar-refractivity contribution in [2.75, 3.05) is 13.1 Å². The molecule has 8 nitrogen and oxygen atoms in total. The van der Waals surface area contributed by atoms with Gasteiger partial charge in [-0.3, -0.25) is 4.79 Å². The molecule has 1 amide bonds. The fourth-order valence-electron chi connectivity index (χ4n) is 3.49. The molecule has 3 rings (SSSR count). The minimum Gasteiger partial charge on any atom is -0.480 e. The Morgan fingerprint density at radius 2 is 1.77 bits per heavy atom. The summed E-state index contributed by atoms with van der Waals surface area (Å²) in [6.45, 7) is 4.15. The summed E-state index contributed by atoms with van der Waals surface area (Å²) in [5.41, 5.74) is 0.893. The highest BCUT2D eigenvalue weighted by atomic mass is 32.2. The number of nitrogens with one attached hydrogen (secondary N) is 1. The van der Waals surface area contributed by atoms with Crippen molar-refractivity contribution in [3.05, 3.63) is 42.5 Å². The SMILES string of the molecule is CC(C)OC(=O)N1CCC([C@@H](NS(=O)(=O)c2ccc(-c3ccccc3)s2)C(=O)O)CC1. The maximum Gasteiger partial charge on any atom is 0.410 e. The largest absolute Gasteiger partial charge is 0.480 e. The number of carbonyl (C=O) groups is 2. The molecule has 2 N–H and O–H groups in total. The molecule has 1 aliphatic heterocycles. The summed E-state index contributed by atoms with van der Waals surface area (Å²) in [7, 11) is -4.00. The van der Waals surface area contributed by atoms with E-state index in [1.165, 1.54) is 11.0 Å². The number of sulfonamides is 1. The van der Waals surface area contributed by atoms with Crippen LogP contribution in [0.1, 0.15) is 26.7 Å². The quantitative estimate of drug-likeness (QED) is 0.647. The average Bonchev–Trinajstić information content (AvgIpc) is 3.24. The molecule has 0 saturated carbocycles. The number of rotatable bonds is 7. The highest BCUT2D eigenvalue weighted by molar-refractivity contribution is 7.91. The fraction of sp³-hybridized carbons (Fsp3) is 0.429. The van der Waals surface area contributed by atoms with Gasteiger partial charge in [-0.1, -0.05) is 30.3 Å². The number of hydrogen-bond acceptors (Lipinski definition) is 6. The van der Waals surface area contributed by atoms with Crippen LogP contribution in [0, 0.1) is 5.92 Å². The second-order valence-corrected chi connectivity index (χ2v) is 10.7. The van der Waals surface area contributed by atoms with Gasteiger partial charge in [-0.25, -0.2) is 13.2 Å². The molecule has 0 unspecified atom stereocenters. The number of nitrogens with zero attached hydrogens (tertiary/aromatic N) is 1. The number of likely N-dealkylation sites (tertiary alicyclic amines) is 1. The summed E-state index contributed by atoms with van der Waals surface area (Å²) in [5.74, 6) is -1.66. The lowest BCUT2D eigenvalue weighted by Crippen LogP contribution is -2.50. The Kier molecular flexibility index (Phi) is 7.34. The van der Waals surface area contributed by atoms with E-state index in [4.69, 9.17) is 4.74 Å². The van der Waals surface area contributed by atoms with Gasteiger partial charge in [-0.05, 0) is 50.3 Å². The molecule has 1 aliphatic rings. The second kappa shape index (κ2) is 9.80. The van der Waals surface area contributed by atoms with Gasteiger partial charge in [0.2, 0.25) is 0 Å². The number of benzene rings is 1. The van der Waals surface area contributed by atoms with Crippen LogP contribution in [0.2, 0.25) is 0 Å². The zero-order valence-corrected chi connectivity index (χ0v) is 19.0. The summed E-state index contributed by atoms with van der Waals surface area (Å²) in [6.07, 6.45) is 0.0574. The molecule has 1 fully saturated rings. The molecule has 168 valence electrons. The summed E-state index contributed by atoms with van der Waals surface area (Å²) in [4.78, 5) is 26.2. The van der Waals surface area contributed by atoms with Crippen molar-refractivity contribution in [1.29, 1.82) is 0 Å². The number of thiophene rings is 1. The van der Waals surface area contributed by atoms with Gasteiger partial charge in [0.05, 0.1) is 6.10 Å². The van der Waals surface area contributed by atoms with E-state index >= 15 is 0 Å². The molecule has 0 aliphatic carbocycles. The Hall–Kier alpha value is -2.43.